The molecule has 0 aliphatic carbocycles. The fourth-order valence-corrected chi connectivity index (χ4v) is 4.30. The van der Waals surface area contributed by atoms with Crippen LogP contribution >= 0.6 is 0 Å². The van der Waals surface area contributed by atoms with Crippen molar-refractivity contribution in [2.75, 3.05) is 25.0 Å². The molecule has 2 aliphatic heterocycles. The maximum atomic E-state index is 13.4. The van der Waals surface area contributed by atoms with E-state index >= 15 is 0 Å². The summed E-state index contributed by atoms with van der Waals surface area (Å²) in [6.45, 7) is 1.52. The zero-order valence-corrected chi connectivity index (χ0v) is 15.1. The molecule has 4 rings (SSSR count). The molecule has 2 aromatic carbocycles. The van der Waals surface area contributed by atoms with Gasteiger partial charge in [0.2, 0.25) is 11.8 Å². The normalized spacial score (nSPS) is 22.9. The zero-order valence-electron chi connectivity index (χ0n) is 15.1. The lowest BCUT2D eigenvalue weighted by molar-refractivity contribution is -0.142. The third-order valence-electron chi connectivity index (χ3n) is 5.66. The summed E-state index contributed by atoms with van der Waals surface area (Å²) in [7, 11) is 1.78. The van der Waals surface area contributed by atoms with Crippen LogP contribution in [0.4, 0.5) is 5.69 Å². The highest BCUT2D eigenvalue weighted by Crippen LogP contribution is 2.43. The first-order valence-corrected chi connectivity index (χ1v) is 9.38. The Hall–Kier alpha value is -2.62. The first-order valence-electron chi connectivity index (χ1n) is 9.38. The maximum Gasteiger partial charge on any atom is 0.240 e. The lowest BCUT2D eigenvalue weighted by Crippen LogP contribution is -2.51. The molecule has 0 N–H and O–H groups in total. The van der Waals surface area contributed by atoms with Crippen LogP contribution in [-0.2, 0) is 9.59 Å². The number of piperidine rings is 1. The number of nitrogens with zero attached hydrogens (tertiary/aromatic N) is 2. The van der Waals surface area contributed by atoms with E-state index in [2.05, 4.69) is 0 Å². The molecule has 2 unspecified atom stereocenters. The van der Waals surface area contributed by atoms with Gasteiger partial charge < -0.3 is 9.80 Å². The minimum Gasteiger partial charge on any atom is -0.342 e. The fraction of sp³-hybridized carbons (Fsp3) is 0.364. The number of anilines is 1. The molecule has 1 fully saturated rings. The van der Waals surface area contributed by atoms with Gasteiger partial charge in [-0.05, 0) is 36.5 Å². The van der Waals surface area contributed by atoms with Gasteiger partial charge >= 0.3 is 0 Å². The average molecular weight is 348 g/mol. The van der Waals surface area contributed by atoms with Crippen LogP contribution in [0.5, 0.6) is 0 Å². The van der Waals surface area contributed by atoms with Crippen molar-refractivity contribution in [3.63, 3.8) is 0 Å². The highest BCUT2D eigenvalue weighted by molar-refractivity contribution is 6.11. The number of hydrogen-bond acceptors (Lipinski definition) is 2. The molecule has 134 valence electrons. The second-order valence-electron chi connectivity index (χ2n) is 7.21. The average Bonchev–Trinajstić information content (AvgIpc) is 2.71. The molecule has 2 atom stereocenters. The molecule has 0 aromatic heterocycles. The summed E-state index contributed by atoms with van der Waals surface area (Å²) in [5.41, 5.74) is 2.97. The van der Waals surface area contributed by atoms with Crippen LogP contribution in [0.2, 0.25) is 0 Å². The summed E-state index contributed by atoms with van der Waals surface area (Å²) in [5.74, 6) is -1.04. The van der Waals surface area contributed by atoms with Gasteiger partial charge in [0.25, 0.3) is 0 Å². The van der Waals surface area contributed by atoms with E-state index in [0.29, 0.717) is 0 Å². The summed E-state index contributed by atoms with van der Waals surface area (Å²) in [6.07, 6.45) is 3.21. The molecule has 0 spiro atoms. The second-order valence-corrected chi connectivity index (χ2v) is 7.21. The third-order valence-corrected chi connectivity index (χ3v) is 5.66. The summed E-state index contributed by atoms with van der Waals surface area (Å²) < 4.78 is 0. The smallest absolute Gasteiger partial charge is 0.240 e. The second kappa shape index (κ2) is 6.94. The van der Waals surface area contributed by atoms with Gasteiger partial charge in [0.1, 0.15) is 5.92 Å². The molecule has 0 saturated carbocycles. The van der Waals surface area contributed by atoms with Crippen molar-refractivity contribution in [3.8, 4) is 0 Å². The first-order chi connectivity index (χ1) is 12.7. The molecule has 2 heterocycles. The number of para-hydroxylation sites is 1. The van der Waals surface area contributed by atoms with Gasteiger partial charge in [-0.25, -0.2) is 0 Å². The number of rotatable bonds is 2. The standard InChI is InChI=1S/C22H24N2O2/c1-23-18-13-7-6-12-17(18)19(16-10-4-2-5-11-16)20(21(23)25)22(26)24-14-8-3-9-15-24/h2,4-7,10-13,19-20H,3,8-9,14-15H2,1H3. The van der Waals surface area contributed by atoms with Gasteiger partial charge in [-0.3, -0.25) is 9.59 Å². The predicted octanol–water partition coefficient (Wildman–Crippen LogP) is 3.42. The first kappa shape index (κ1) is 16.8. The van der Waals surface area contributed by atoms with Crippen molar-refractivity contribution in [2.24, 2.45) is 5.92 Å². The molecule has 0 radical (unpaired) electrons. The quantitative estimate of drug-likeness (QED) is 0.780. The van der Waals surface area contributed by atoms with Gasteiger partial charge in [0, 0.05) is 31.7 Å². The Morgan fingerprint density at radius 2 is 1.58 bits per heavy atom. The number of benzene rings is 2. The lowest BCUT2D eigenvalue weighted by Gasteiger charge is -2.40. The molecule has 2 aliphatic rings. The van der Waals surface area contributed by atoms with E-state index in [-0.39, 0.29) is 17.7 Å². The SMILES string of the molecule is CN1C(=O)C(C(=O)N2CCCCC2)C(c2ccccc2)c2ccccc21. The van der Waals surface area contributed by atoms with Crippen LogP contribution in [0, 0.1) is 5.92 Å². The summed E-state index contributed by atoms with van der Waals surface area (Å²) >= 11 is 0. The van der Waals surface area contributed by atoms with Crippen LogP contribution < -0.4 is 4.90 Å². The number of amides is 2. The molecule has 0 bridgehead atoms. The van der Waals surface area contributed by atoms with E-state index in [1.54, 1.807) is 11.9 Å². The van der Waals surface area contributed by atoms with Crippen LogP contribution in [0.25, 0.3) is 0 Å². The maximum absolute atomic E-state index is 13.4. The highest BCUT2D eigenvalue weighted by atomic mass is 16.2. The van der Waals surface area contributed by atoms with Crippen molar-refractivity contribution in [3.05, 3.63) is 65.7 Å². The number of fused-ring (bicyclic) bond motifs is 1. The molecule has 2 amide bonds. The van der Waals surface area contributed by atoms with Gasteiger partial charge in [-0.2, -0.15) is 0 Å². The minimum atomic E-state index is -0.685. The van der Waals surface area contributed by atoms with Crippen molar-refractivity contribution >= 4 is 17.5 Å². The van der Waals surface area contributed by atoms with Crippen LogP contribution in [0.1, 0.15) is 36.3 Å². The van der Waals surface area contributed by atoms with Crippen molar-refractivity contribution in [2.45, 2.75) is 25.2 Å². The van der Waals surface area contributed by atoms with E-state index in [1.807, 2.05) is 59.5 Å². The molecule has 4 nitrogen and oxygen atoms in total. The van der Waals surface area contributed by atoms with E-state index in [9.17, 15) is 9.59 Å². The Morgan fingerprint density at radius 3 is 2.31 bits per heavy atom. The minimum absolute atomic E-state index is 0.0232. The van der Waals surface area contributed by atoms with Crippen LogP contribution in [-0.4, -0.2) is 36.9 Å². The molecule has 1 saturated heterocycles. The summed E-state index contributed by atoms with van der Waals surface area (Å²) in [5, 5.41) is 0. The molecular formula is C22H24N2O2. The van der Waals surface area contributed by atoms with E-state index in [1.165, 1.54) is 0 Å². The van der Waals surface area contributed by atoms with Gasteiger partial charge in [0.15, 0.2) is 0 Å². The van der Waals surface area contributed by atoms with E-state index in [4.69, 9.17) is 0 Å². The molecular weight excluding hydrogens is 324 g/mol. The third kappa shape index (κ3) is 2.79. The molecule has 26 heavy (non-hydrogen) atoms. The van der Waals surface area contributed by atoms with Crippen molar-refractivity contribution in [1.82, 2.24) is 4.90 Å². The Kier molecular flexibility index (Phi) is 4.49. The van der Waals surface area contributed by atoms with Crippen molar-refractivity contribution in [1.29, 1.82) is 0 Å². The lowest BCUT2D eigenvalue weighted by atomic mass is 9.75. The largest absolute Gasteiger partial charge is 0.342 e. The monoisotopic (exact) mass is 348 g/mol. The number of carbonyl (C=O) groups excluding carboxylic acids is 2. The Bertz CT molecular complexity index is 812. The number of hydrogen-bond donors (Lipinski definition) is 0. The van der Waals surface area contributed by atoms with Crippen molar-refractivity contribution < 1.29 is 9.59 Å². The zero-order chi connectivity index (χ0) is 18.1. The fourth-order valence-electron chi connectivity index (χ4n) is 4.30. The highest BCUT2D eigenvalue weighted by Gasteiger charge is 2.45. The molecule has 4 heteroatoms. The summed E-state index contributed by atoms with van der Waals surface area (Å²) in [6, 6.07) is 17.9. The van der Waals surface area contributed by atoms with Crippen LogP contribution in [0.3, 0.4) is 0 Å². The Morgan fingerprint density at radius 1 is 0.923 bits per heavy atom. The van der Waals surface area contributed by atoms with Gasteiger partial charge in [0.05, 0.1) is 0 Å². The number of likely N-dealkylation sites (tertiary alicyclic amines) is 1. The number of carbonyl (C=O) groups is 2. The van der Waals surface area contributed by atoms with Crippen LogP contribution in [0.15, 0.2) is 54.6 Å². The van der Waals surface area contributed by atoms with Gasteiger partial charge in [-0.1, -0.05) is 48.5 Å². The Balaban J connectivity index is 1.82. The summed E-state index contributed by atoms with van der Waals surface area (Å²) in [4.78, 5) is 30.2. The topological polar surface area (TPSA) is 40.6 Å². The molecule has 2 aromatic rings. The Labute approximate surface area is 154 Å². The predicted molar refractivity (Wildman–Crippen MR) is 102 cm³/mol. The van der Waals surface area contributed by atoms with E-state index in [0.717, 1.165) is 49.2 Å². The van der Waals surface area contributed by atoms with E-state index < -0.39 is 5.92 Å². The van der Waals surface area contributed by atoms with Gasteiger partial charge in [-0.15, -0.1) is 0 Å².